The average molecular weight is 332 g/mol. The van der Waals surface area contributed by atoms with Crippen molar-refractivity contribution in [1.29, 1.82) is 0 Å². The molecular weight excluding hydrogens is 310 g/mol. The number of nitrogens with zero attached hydrogens (tertiary/aromatic N) is 1. The van der Waals surface area contributed by atoms with E-state index in [1.807, 2.05) is 12.1 Å². The van der Waals surface area contributed by atoms with Crippen molar-refractivity contribution in [3.63, 3.8) is 0 Å². The van der Waals surface area contributed by atoms with Gasteiger partial charge < -0.3 is 14.6 Å². The van der Waals surface area contributed by atoms with Crippen LogP contribution in [0.4, 0.5) is 0 Å². The lowest BCUT2D eigenvalue weighted by Crippen LogP contribution is -2.27. The number of hydrogen-bond donors (Lipinski definition) is 1. The first-order valence-electron chi connectivity index (χ1n) is 6.39. The molecule has 0 heterocycles. The van der Waals surface area contributed by atoms with E-state index in [0.29, 0.717) is 12.3 Å². The van der Waals surface area contributed by atoms with Gasteiger partial charge in [-0.05, 0) is 30.7 Å². The van der Waals surface area contributed by atoms with Gasteiger partial charge in [0.15, 0.2) is 11.5 Å². The van der Waals surface area contributed by atoms with Crippen molar-refractivity contribution in [1.82, 2.24) is 4.90 Å². The van der Waals surface area contributed by atoms with Crippen LogP contribution in [-0.2, 0) is 6.54 Å². The molecule has 0 aliphatic carbocycles. The van der Waals surface area contributed by atoms with Crippen LogP contribution in [0.1, 0.15) is 18.9 Å². The molecular formula is C14H22BrNO3. The van der Waals surface area contributed by atoms with Crippen molar-refractivity contribution in [2.45, 2.75) is 19.9 Å². The number of halogens is 1. The average Bonchev–Trinajstić information content (AvgIpc) is 2.41. The highest BCUT2D eigenvalue weighted by molar-refractivity contribution is 9.10. The van der Waals surface area contributed by atoms with Crippen LogP contribution in [0, 0.1) is 0 Å². The molecule has 0 aliphatic rings. The molecule has 1 N–H and O–H groups in total. The summed E-state index contributed by atoms with van der Waals surface area (Å²) in [6.07, 6.45) is 1.06. The molecule has 108 valence electrons. The van der Waals surface area contributed by atoms with Gasteiger partial charge in [0.25, 0.3) is 0 Å². The lowest BCUT2D eigenvalue weighted by Gasteiger charge is -2.22. The maximum Gasteiger partial charge on any atom is 0.161 e. The summed E-state index contributed by atoms with van der Waals surface area (Å²) in [5.41, 5.74) is 1.12. The molecule has 1 aromatic carbocycles. The lowest BCUT2D eigenvalue weighted by molar-refractivity contribution is 0.190. The van der Waals surface area contributed by atoms with Crippen LogP contribution < -0.4 is 9.47 Å². The van der Waals surface area contributed by atoms with Crippen LogP contribution in [0.3, 0.4) is 0 Å². The zero-order valence-electron chi connectivity index (χ0n) is 11.8. The van der Waals surface area contributed by atoms with E-state index in [2.05, 4.69) is 27.8 Å². The zero-order chi connectivity index (χ0) is 14.3. The minimum atomic E-state index is 0.172. The number of rotatable bonds is 8. The van der Waals surface area contributed by atoms with Gasteiger partial charge in [0.2, 0.25) is 0 Å². The summed E-state index contributed by atoms with van der Waals surface area (Å²) in [4.78, 5) is 2.21. The maximum atomic E-state index is 9.10. The molecule has 0 aromatic heterocycles. The Bertz CT molecular complexity index is 393. The number of hydrogen-bond acceptors (Lipinski definition) is 4. The minimum Gasteiger partial charge on any atom is -0.493 e. The number of benzene rings is 1. The van der Waals surface area contributed by atoms with Crippen LogP contribution in [0.15, 0.2) is 16.6 Å². The Kier molecular flexibility index (Phi) is 7.20. The number of methoxy groups -OCH3 is 2. The Morgan fingerprint density at radius 2 is 1.79 bits per heavy atom. The molecule has 0 saturated carbocycles. The van der Waals surface area contributed by atoms with Gasteiger partial charge in [-0.1, -0.05) is 22.9 Å². The van der Waals surface area contributed by atoms with Gasteiger partial charge in [0.05, 0.1) is 20.8 Å². The molecule has 1 rings (SSSR count). The molecule has 0 unspecified atom stereocenters. The van der Waals surface area contributed by atoms with Crippen molar-refractivity contribution in [3.8, 4) is 11.5 Å². The van der Waals surface area contributed by atoms with Crippen LogP contribution >= 0.6 is 15.9 Å². The van der Waals surface area contributed by atoms with Crippen molar-refractivity contribution in [3.05, 3.63) is 22.2 Å². The molecule has 0 bridgehead atoms. The second-order valence-corrected chi connectivity index (χ2v) is 5.15. The zero-order valence-corrected chi connectivity index (χ0v) is 13.4. The third-order valence-corrected chi connectivity index (χ3v) is 3.64. The van der Waals surface area contributed by atoms with E-state index in [-0.39, 0.29) is 6.61 Å². The number of ether oxygens (including phenoxy) is 2. The van der Waals surface area contributed by atoms with Crippen LogP contribution in [0.2, 0.25) is 0 Å². The SMILES string of the molecule is CCCN(CCO)Cc1cc(OC)c(OC)cc1Br. The Morgan fingerprint density at radius 1 is 1.16 bits per heavy atom. The highest BCUT2D eigenvalue weighted by Crippen LogP contribution is 2.33. The normalized spacial score (nSPS) is 10.8. The molecule has 0 saturated heterocycles. The second-order valence-electron chi connectivity index (χ2n) is 4.30. The van der Waals surface area contributed by atoms with E-state index >= 15 is 0 Å². The standard InChI is InChI=1S/C14H22BrNO3/c1-4-5-16(6-7-17)10-11-8-13(18-2)14(19-3)9-12(11)15/h8-9,17H,4-7,10H2,1-3H3. The van der Waals surface area contributed by atoms with Crippen molar-refractivity contribution < 1.29 is 14.6 Å². The smallest absolute Gasteiger partial charge is 0.161 e. The Labute approximate surface area is 123 Å². The van der Waals surface area contributed by atoms with Crippen molar-refractivity contribution >= 4 is 15.9 Å². The fourth-order valence-corrected chi connectivity index (χ4v) is 2.43. The third-order valence-electron chi connectivity index (χ3n) is 2.90. The van der Waals surface area contributed by atoms with Gasteiger partial charge >= 0.3 is 0 Å². The van der Waals surface area contributed by atoms with E-state index in [9.17, 15) is 0 Å². The second kappa shape index (κ2) is 8.40. The molecule has 19 heavy (non-hydrogen) atoms. The largest absolute Gasteiger partial charge is 0.493 e. The fourth-order valence-electron chi connectivity index (χ4n) is 1.99. The first-order valence-corrected chi connectivity index (χ1v) is 7.19. The molecule has 0 aliphatic heterocycles. The van der Waals surface area contributed by atoms with Gasteiger partial charge in [0.1, 0.15) is 0 Å². The van der Waals surface area contributed by atoms with Gasteiger partial charge in [-0.25, -0.2) is 0 Å². The predicted octanol–water partition coefficient (Wildman–Crippen LogP) is 2.67. The number of aliphatic hydroxyl groups is 1. The summed E-state index contributed by atoms with van der Waals surface area (Å²) >= 11 is 3.56. The fraction of sp³-hybridized carbons (Fsp3) is 0.571. The quantitative estimate of drug-likeness (QED) is 0.795. The van der Waals surface area contributed by atoms with E-state index in [1.165, 1.54) is 0 Å². The Morgan fingerprint density at radius 3 is 2.32 bits per heavy atom. The summed E-state index contributed by atoms with van der Waals surface area (Å²) < 4.78 is 11.6. The first-order chi connectivity index (χ1) is 9.15. The van der Waals surface area contributed by atoms with Crippen LogP contribution in [0.5, 0.6) is 11.5 Å². The van der Waals surface area contributed by atoms with E-state index in [0.717, 1.165) is 35.3 Å². The molecule has 0 radical (unpaired) electrons. The van der Waals surface area contributed by atoms with Crippen molar-refractivity contribution in [2.75, 3.05) is 33.9 Å². The molecule has 5 heteroatoms. The molecule has 0 amide bonds. The van der Waals surface area contributed by atoms with Gasteiger partial charge in [-0.3, -0.25) is 4.90 Å². The van der Waals surface area contributed by atoms with Gasteiger partial charge in [-0.15, -0.1) is 0 Å². The topological polar surface area (TPSA) is 41.9 Å². The summed E-state index contributed by atoms with van der Waals surface area (Å²) in [5.74, 6) is 1.43. The third kappa shape index (κ3) is 4.67. The highest BCUT2D eigenvalue weighted by atomic mass is 79.9. The Balaban J connectivity index is 2.92. The summed E-state index contributed by atoms with van der Waals surface area (Å²) in [5, 5.41) is 9.10. The summed E-state index contributed by atoms with van der Waals surface area (Å²) in [6, 6.07) is 3.89. The van der Waals surface area contributed by atoms with E-state index in [4.69, 9.17) is 14.6 Å². The number of aliphatic hydroxyl groups excluding tert-OH is 1. The summed E-state index contributed by atoms with van der Waals surface area (Å²) in [6.45, 7) is 4.71. The van der Waals surface area contributed by atoms with Gasteiger partial charge in [0, 0.05) is 17.6 Å². The Hall–Kier alpha value is -0.780. The first kappa shape index (κ1) is 16.3. The van der Waals surface area contributed by atoms with Crippen molar-refractivity contribution in [2.24, 2.45) is 0 Å². The molecule has 4 nitrogen and oxygen atoms in total. The van der Waals surface area contributed by atoms with Crippen LogP contribution in [0.25, 0.3) is 0 Å². The molecule has 0 fully saturated rings. The highest BCUT2D eigenvalue weighted by Gasteiger charge is 2.12. The lowest BCUT2D eigenvalue weighted by atomic mass is 10.2. The monoisotopic (exact) mass is 331 g/mol. The predicted molar refractivity (Wildman–Crippen MR) is 79.9 cm³/mol. The van der Waals surface area contributed by atoms with Crippen LogP contribution in [-0.4, -0.2) is 43.9 Å². The molecule has 0 atom stereocenters. The van der Waals surface area contributed by atoms with E-state index < -0.39 is 0 Å². The molecule has 0 spiro atoms. The maximum absolute atomic E-state index is 9.10. The molecule has 1 aromatic rings. The van der Waals surface area contributed by atoms with Gasteiger partial charge in [-0.2, -0.15) is 0 Å². The van der Waals surface area contributed by atoms with E-state index in [1.54, 1.807) is 14.2 Å². The summed E-state index contributed by atoms with van der Waals surface area (Å²) in [7, 11) is 3.26. The minimum absolute atomic E-state index is 0.172.